The van der Waals surface area contributed by atoms with Crippen molar-refractivity contribution >= 4 is 17.6 Å². The molecule has 9 heteroatoms. The van der Waals surface area contributed by atoms with Crippen LogP contribution in [0.3, 0.4) is 0 Å². The van der Waals surface area contributed by atoms with Crippen molar-refractivity contribution in [3.05, 3.63) is 74.8 Å². The van der Waals surface area contributed by atoms with Crippen molar-refractivity contribution in [3.63, 3.8) is 0 Å². The quantitative estimate of drug-likeness (QED) is 0.471. The molecule has 0 saturated carbocycles. The first kappa shape index (κ1) is 20.0. The number of nitrogens with one attached hydrogen (secondary N) is 1. The van der Waals surface area contributed by atoms with Crippen molar-refractivity contribution in [2.75, 3.05) is 6.61 Å². The van der Waals surface area contributed by atoms with E-state index in [9.17, 15) is 28.5 Å². The highest BCUT2D eigenvalue weighted by atomic mass is 19.1. The summed E-state index contributed by atoms with van der Waals surface area (Å²) in [5.74, 6) is -3.17. The first-order valence-corrected chi connectivity index (χ1v) is 7.95. The number of rotatable bonds is 6. The Morgan fingerprint density at radius 3 is 2.44 bits per heavy atom. The zero-order chi connectivity index (χ0) is 20.1. The number of ether oxygens (including phenoxy) is 1. The maximum absolute atomic E-state index is 13.8. The standard InChI is InChI=1S/C18H16F2N2O5/c1-3-27-18(24)12-6-11(7-14(8-12)22(25)26)17(23)21-10(2)15-5-4-13(19)9-16(15)20/h4-10H,3H2,1-2H3,(H,21,23). The molecule has 1 amide bonds. The molecule has 2 rings (SSSR count). The van der Waals surface area contributed by atoms with Gasteiger partial charge in [-0.3, -0.25) is 14.9 Å². The Labute approximate surface area is 153 Å². The monoisotopic (exact) mass is 378 g/mol. The fraction of sp³-hybridized carbons (Fsp3) is 0.222. The van der Waals surface area contributed by atoms with Gasteiger partial charge in [0, 0.05) is 29.3 Å². The minimum atomic E-state index is -0.844. The predicted octanol–water partition coefficient (Wildman–Crippen LogP) is 3.54. The largest absolute Gasteiger partial charge is 0.462 e. The van der Waals surface area contributed by atoms with Crippen molar-refractivity contribution in [2.24, 2.45) is 0 Å². The highest BCUT2D eigenvalue weighted by Crippen LogP contribution is 2.21. The van der Waals surface area contributed by atoms with Crippen LogP contribution in [0.25, 0.3) is 0 Å². The third kappa shape index (κ3) is 4.84. The summed E-state index contributed by atoms with van der Waals surface area (Å²) in [6.45, 7) is 3.10. The van der Waals surface area contributed by atoms with Gasteiger partial charge >= 0.3 is 5.97 Å². The molecule has 0 spiro atoms. The fourth-order valence-electron chi connectivity index (χ4n) is 2.39. The third-order valence-electron chi connectivity index (χ3n) is 3.68. The molecule has 142 valence electrons. The Balaban J connectivity index is 2.31. The van der Waals surface area contributed by atoms with Crippen molar-refractivity contribution < 1.29 is 28.0 Å². The summed E-state index contributed by atoms with van der Waals surface area (Å²) in [7, 11) is 0. The maximum atomic E-state index is 13.8. The Hall–Kier alpha value is -3.36. The zero-order valence-corrected chi connectivity index (χ0v) is 14.5. The van der Waals surface area contributed by atoms with E-state index in [-0.39, 0.29) is 23.3 Å². The average Bonchev–Trinajstić information content (AvgIpc) is 2.61. The van der Waals surface area contributed by atoms with Gasteiger partial charge in [0.1, 0.15) is 11.6 Å². The molecule has 0 fully saturated rings. The van der Waals surface area contributed by atoms with E-state index in [1.165, 1.54) is 13.0 Å². The lowest BCUT2D eigenvalue weighted by Crippen LogP contribution is -2.27. The van der Waals surface area contributed by atoms with Gasteiger partial charge in [-0.25, -0.2) is 13.6 Å². The number of nitrogens with zero attached hydrogens (tertiary/aromatic N) is 1. The van der Waals surface area contributed by atoms with Gasteiger partial charge in [-0.1, -0.05) is 6.07 Å². The SMILES string of the molecule is CCOC(=O)c1cc(C(=O)NC(C)c2ccc(F)cc2F)cc([N+](=O)[O-])c1. The fourth-order valence-corrected chi connectivity index (χ4v) is 2.39. The van der Waals surface area contributed by atoms with E-state index in [0.29, 0.717) is 6.07 Å². The maximum Gasteiger partial charge on any atom is 0.338 e. The normalized spacial score (nSPS) is 11.6. The molecular formula is C18H16F2N2O5. The van der Waals surface area contributed by atoms with Crippen LogP contribution in [0.4, 0.5) is 14.5 Å². The highest BCUT2D eigenvalue weighted by Gasteiger charge is 2.21. The number of hydrogen-bond acceptors (Lipinski definition) is 5. The number of carbonyl (C=O) groups excluding carboxylic acids is 2. The summed E-state index contributed by atoms with van der Waals surface area (Å²) >= 11 is 0. The first-order valence-electron chi connectivity index (χ1n) is 7.95. The summed E-state index contributed by atoms with van der Waals surface area (Å²) in [6.07, 6.45) is 0. The molecule has 0 aliphatic carbocycles. The number of hydrogen-bond donors (Lipinski definition) is 1. The van der Waals surface area contributed by atoms with Gasteiger partial charge in [-0.15, -0.1) is 0 Å². The molecule has 1 unspecified atom stereocenters. The van der Waals surface area contributed by atoms with Gasteiger partial charge < -0.3 is 10.1 Å². The van der Waals surface area contributed by atoms with Gasteiger partial charge in [0.15, 0.2) is 0 Å². The van der Waals surface area contributed by atoms with Crippen LogP contribution in [0, 0.1) is 21.7 Å². The average molecular weight is 378 g/mol. The summed E-state index contributed by atoms with van der Waals surface area (Å²) in [5, 5.41) is 13.5. The molecule has 0 saturated heterocycles. The number of carbonyl (C=O) groups is 2. The second-order valence-electron chi connectivity index (χ2n) is 5.61. The van der Waals surface area contributed by atoms with Crippen LogP contribution in [0.5, 0.6) is 0 Å². The van der Waals surface area contributed by atoms with Crippen LogP contribution in [-0.2, 0) is 4.74 Å². The van der Waals surface area contributed by atoms with Gasteiger partial charge in [0.25, 0.3) is 11.6 Å². The topological polar surface area (TPSA) is 98.5 Å². The van der Waals surface area contributed by atoms with Crippen LogP contribution >= 0.6 is 0 Å². The first-order chi connectivity index (χ1) is 12.7. The lowest BCUT2D eigenvalue weighted by molar-refractivity contribution is -0.384. The molecule has 0 aliphatic heterocycles. The van der Waals surface area contributed by atoms with Gasteiger partial charge in [0.05, 0.1) is 23.1 Å². The number of non-ortho nitro benzene ring substituents is 1. The van der Waals surface area contributed by atoms with Crippen LogP contribution in [0.1, 0.15) is 46.2 Å². The molecule has 2 aromatic carbocycles. The highest BCUT2D eigenvalue weighted by molar-refractivity contribution is 5.99. The molecule has 0 heterocycles. The molecule has 0 bridgehead atoms. The zero-order valence-electron chi connectivity index (χ0n) is 14.5. The van der Waals surface area contributed by atoms with Gasteiger partial charge in [0.2, 0.25) is 0 Å². The molecule has 27 heavy (non-hydrogen) atoms. The van der Waals surface area contributed by atoms with Crippen LogP contribution in [-0.4, -0.2) is 23.4 Å². The number of nitro benzene ring substituents is 1. The van der Waals surface area contributed by atoms with E-state index >= 15 is 0 Å². The van der Waals surface area contributed by atoms with Gasteiger partial charge in [-0.05, 0) is 26.0 Å². The minimum absolute atomic E-state index is 0.0424. The number of nitro groups is 1. The van der Waals surface area contributed by atoms with E-state index in [0.717, 1.165) is 24.3 Å². The molecule has 1 N–H and O–H groups in total. The summed E-state index contributed by atoms with van der Waals surface area (Å²) in [5.41, 5.74) is -0.745. The van der Waals surface area contributed by atoms with Crippen molar-refractivity contribution in [2.45, 2.75) is 19.9 Å². The molecule has 7 nitrogen and oxygen atoms in total. The van der Waals surface area contributed by atoms with E-state index in [4.69, 9.17) is 4.74 Å². The molecule has 1 atom stereocenters. The molecule has 0 aliphatic rings. The molecule has 0 radical (unpaired) electrons. The third-order valence-corrected chi connectivity index (χ3v) is 3.68. The van der Waals surface area contributed by atoms with Crippen LogP contribution in [0.2, 0.25) is 0 Å². The Kier molecular flexibility index (Phi) is 6.17. The second kappa shape index (κ2) is 8.35. The smallest absolute Gasteiger partial charge is 0.338 e. The summed E-state index contributed by atoms with van der Waals surface area (Å²) < 4.78 is 31.6. The van der Waals surface area contributed by atoms with E-state index in [1.54, 1.807) is 6.92 Å². The summed E-state index contributed by atoms with van der Waals surface area (Å²) in [6, 6.07) is 5.21. The van der Waals surface area contributed by atoms with Crippen LogP contribution < -0.4 is 5.32 Å². The number of esters is 1. The van der Waals surface area contributed by atoms with E-state index in [2.05, 4.69) is 5.32 Å². The van der Waals surface area contributed by atoms with Crippen molar-refractivity contribution in [1.82, 2.24) is 5.32 Å². The van der Waals surface area contributed by atoms with E-state index < -0.39 is 40.2 Å². The van der Waals surface area contributed by atoms with Crippen LogP contribution in [0.15, 0.2) is 36.4 Å². The van der Waals surface area contributed by atoms with Gasteiger partial charge in [-0.2, -0.15) is 0 Å². The lowest BCUT2D eigenvalue weighted by Gasteiger charge is -2.15. The summed E-state index contributed by atoms with van der Waals surface area (Å²) in [4.78, 5) is 34.6. The number of benzene rings is 2. The molecular weight excluding hydrogens is 362 g/mol. The second-order valence-corrected chi connectivity index (χ2v) is 5.61. The van der Waals surface area contributed by atoms with Crippen molar-refractivity contribution in [1.29, 1.82) is 0 Å². The lowest BCUT2D eigenvalue weighted by atomic mass is 10.1. The Morgan fingerprint density at radius 1 is 1.19 bits per heavy atom. The molecule has 0 aromatic heterocycles. The Morgan fingerprint density at radius 2 is 1.85 bits per heavy atom. The number of amides is 1. The predicted molar refractivity (Wildman–Crippen MR) is 91.3 cm³/mol. The number of halogens is 2. The molecule has 2 aromatic rings. The van der Waals surface area contributed by atoms with E-state index in [1.807, 2.05) is 0 Å². The Bertz CT molecular complexity index is 901. The van der Waals surface area contributed by atoms with Crippen molar-refractivity contribution in [3.8, 4) is 0 Å². The minimum Gasteiger partial charge on any atom is -0.462 e.